The monoisotopic (exact) mass is 384 g/mol. The zero-order chi connectivity index (χ0) is 19.0. The first-order chi connectivity index (χ1) is 13.8. The van der Waals surface area contributed by atoms with Crippen LogP contribution in [0.2, 0.25) is 0 Å². The molecule has 0 bridgehead atoms. The minimum atomic E-state index is -3.06. The van der Waals surface area contributed by atoms with Crippen LogP contribution >= 0.6 is 7.14 Å². The highest BCUT2D eigenvalue weighted by molar-refractivity contribution is 7.90. The molecule has 1 aromatic carbocycles. The highest BCUT2D eigenvalue weighted by Gasteiger charge is 2.46. The third-order valence-electron chi connectivity index (χ3n) is 5.60. The van der Waals surface area contributed by atoms with Gasteiger partial charge in [0.2, 0.25) is 0 Å². The SMILES string of the molecule is O=P1(c2ccccc2)C(c2ccccn2)=C2CCCCC2=C1c1ccccn1. The number of rotatable bonds is 3. The zero-order valence-corrected chi connectivity index (χ0v) is 16.5. The molecule has 4 heteroatoms. The molecule has 3 heterocycles. The van der Waals surface area contributed by atoms with Crippen LogP contribution in [-0.2, 0) is 4.57 Å². The Labute approximate surface area is 165 Å². The van der Waals surface area contributed by atoms with E-state index in [1.807, 2.05) is 66.7 Å². The van der Waals surface area contributed by atoms with E-state index < -0.39 is 7.14 Å². The van der Waals surface area contributed by atoms with Crippen LogP contribution in [0, 0.1) is 0 Å². The molecule has 0 radical (unpaired) electrons. The van der Waals surface area contributed by atoms with E-state index in [-0.39, 0.29) is 0 Å². The molecule has 138 valence electrons. The molecule has 0 saturated heterocycles. The van der Waals surface area contributed by atoms with Crippen molar-refractivity contribution >= 4 is 23.1 Å². The molecular formula is C24H21N2OP. The van der Waals surface area contributed by atoms with Crippen molar-refractivity contribution in [3.8, 4) is 0 Å². The number of benzene rings is 1. The van der Waals surface area contributed by atoms with Crippen molar-refractivity contribution in [3.63, 3.8) is 0 Å². The summed E-state index contributed by atoms with van der Waals surface area (Å²) in [5.41, 5.74) is 4.13. The molecule has 1 saturated carbocycles. The Bertz CT molecular complexity index is 1050. The van der Waals surface area contributed by atoms with Gasteiger partial charge in [0.05, 0.1) is 11.4 Å². The minimum absolute atomic E-state index is 0.829. The van der Waals surface area contributed by atoms with Crippen LogP contribution in [0.4, 0.5) is 0 Å². The quantitative estimate of drug-likeness (QED) is 0.530. The molecule has 2 aliphatic rings. The fourth-order valence-electron chi connectivity index (χ4n) is 4.45. The molecule has 0 N–H and O–H groups in total. The van der Waals surface area contributed by atoms with Gasteiger partial charge in [-0.25, -0.2) is 0 Å². The summed E-state index contributed by atoms with van der Waals surface area (Å²) in [5, 5.41) is 2.72. The van der Waals surface area contributed by atoms with Crippen LogP contribution in [0.3, 0.4) is 0 Å². The van der Waals surface area contributed by atoms with Gasteiger partial charge in [0.1, 0.15) is 0 Å². The van der Waals surface area contributed by atoms with Crippen molar-refractivity contribution in [3.05, 3.63) is 102 Å². The highest BCUT2D eigenvalue weighted by Crippen LogP contribution is 2.74. The topological polar surface area (TPSA) is 42.9 Å². The molecule has 0 atom stereocenters. The number of fused-ring (bicyclic) bond motifs is 1. The Balaban J connectivity index is 1.86. The van der Waals surface area contributed by atoms with Gasteiger partial charge < -0.3 is 4.57 Å². The first-order valence-electron chi connectivity index (χ1n) is 9.76. The fraction of sp³-hybridized carbons (Fsp3) is 0.167. The number of allylic oxidation sites excluding steroid dienone is 2. The van der Waals surface area contributed by atoms with E-state index in [4.69, 9.17) is 0 Å². The molecule has 1 aliphatic heterocycles. The van der Waals surface area contributed by atoms with Crippen molar-refractivity contribution in [2.75, 3.05) is 0 Å². The van der Waals surface area contributed by atoms with Gasteiger partial charge in [-0.15, -0.1) is 0 Å². The third-order valence-corrected chi connectivity index (χ3v) is 8.89. The summed E-state index contributed by atoms with van der Waals surface area (Å²) in [5.74, 6) is 0. The van der Waals surface area contributed by atoms with Crippen LogP contribution in [0.25, 0.3) is 10.6 Å². The molecule has 2 aromatic heterocycles. The summed E-state index contributed by atoms with van der Waals surface area (Å²) in [4.78, 5) is 9.25. The minimum Gasteiger partial charge on any atom is -0.308 e. The predicted molar refractivity (Wildman–Crippen MR) is 114 cm³/mol. The number of hydrogen-bond donors (Lipinski definition) is 0. The van der Waals surface area contributed by atoms with E-state index in [1.165, 1.54) is 11.1 Å². The molecule has 0 unspecified atom stereocenters. The average molecular weight is 384 g/mol. The first-order valence-corrected chi connectivity index (χ1v) is 11.5. The summed E-state index contributed by atoms with van der Waals surface area (Å²) in [6.45, 7) is 0. The van der Waals surface area contributed by atoms with E-state index in [0.29, 0.717) is 0 Å². The lowest BCUT2D eigenvalue weighted by Gasteiger charge is -2.21. The van der Waals surface area contributed by atoms with Crippen molar-refractivity contribution in [1.29, 1.82) is 0 Å². The van der Waals surface area contributed by atoms with Gasteiger partial charge in [-0.3, -0.25) is 9.97 Å². The maximum absolute atomic E-state index is 15.0. The predicted octanol–water partition coefficient (Wildman–Crippen LogP) is 5.88. The normalized spacial score (nSPS) is 18.3. The number of nitrogens with zero attached hydrogens (tertiary/aromatic N) is 2. The Hall–Kier alpha value is -2.77. The van der Waals surface area contributed by atoms with Gasteiger partial charge in [0, 0.05) is 28.3 Å². The lowest BCUT2D eigenvalue weighted by Crippen LogP contribution is -2.07. The van der Waals surface area contributed by atoms with Gasteiger partial charge in [0.15, 0.2) is 7.14 Å². The molecule has 0 spiro atoms. The number of aromatic nitrogens is 2. The van der Waals surface area contributed by atoms with E-state index in [2.05, 4.69) is 9.97 Å². The van der Waals surface area contributed by atoms with Crippen molar-refractivity contribution in [1.82, 2.24) is 9.97 Å². The van der Waals surface area contributed by atoms with Crippen LogP contribution < -0.4 is 5.30 Å². The average Bonchev–Trinajstić information content (AvgIpc) is 3.05. The summed E-state index contributed by atoms with van der Waals surface area (Å²) in [6.07, 6.45) is 7.74. The van der Waals surface area contributed by atoms with Gasteiger partial charge in [-0.05, 0) is 61.1 Å². The molecular weight excluding hydrogens is 363 g/mol. The standard InChI is InChI=1S/C24H21N2OP/c27-28(18-10-2-1-3-11-18)23(21-14-6-8-16-25-21)19-12-4-5-13-20(19)24(28)22-15-7-9-17-26-22/h1-3,6-11,14-17H,4-5,12-13H2. The lowest BCUT2D eigenvalue weighted by atomic mass is 9.88. The largest absolute Gasteiger partial charge is 0.308 e. The Kier molecular flexibility index (Phi) is 4.33. The fourth-order valence-corrected chi connectivity index (χ4v) is 7.95. The van der Waals surface area contributed by atoms with Gasteiger partial charge >= 0.3 is 0 Å². The first kappa shape index (κ1) is 17.3. The Morgan fingerprint density at radius 3 is 1.61 bits per heavy atom. The molecule has 3 nitrogen and oxygen atoms in total. The van der Waals surface area contributed by atoms with E-state index in [9.17, 15) is 0 Å². The van der Waals surface area contributed by atoms with Crippen LogP contribution in [0.15, 0.2) is 90.3 Å². The zero-order valence-electron chi connectivity index (χ0n) is 15.6. The molecule has 3 aromatic rings. The van der Waals surface area contributed by atoms with Crippen molar-refractivity contribution in [2.24, 2.45) is 0 Å². The number of hydrogen-bond acceptors (Lipinski definition) is 3. The van der Waals surface area contributed by atoms with E-state index >= 15 is 4.57 Å². The van der Waals surface area contributed by atoms with Gasteiger partial charge in [-0.2, -0.15) is 0 Å². The summed E-state index contributed by atoms with van der Waals surface area (Å²) >= 11 is 0. The van der Waals surface area contributed by atoms with Gasteiger partial charge in [-0.1, -0.05) is 42.5 Å². The third kappa shape index (κ3) is 2.62. The van der Waals surface area contributed by atoms with E-state index in [1.54, 1.807) is 12.4 Å². The maximum Gasteiger partial charge on any atom is 0.175 e. The van der Waals surface area contributed by atoms with Crippen molar-refractivity contribution in [2.45, 2.75) is 25.7 Å². The highest BCUT2D eigenvalue weighted by atomic mass is 31.2. The van der Waals surface area contributed by atoms with Crippen molar-refractivity contribution < 1.29 is 4.57 Å². The number of pyridine rings is 2. The second-order valence-corrected chi connectivity index (χ2v) is 9.87. The second-order valence-electron chi connectivity index (χ2n) is 7.24. The Morgan fingerprint density at radius 2 is 1.14 bits per heavy atom. The molecule has 28 heavy (non-hydrogen) atoms. The second kappa shape index (κ2) is 7.00. The molecule has 0 amide bonds. The van der Waals surface area contributed by atoms with Crippen LogP contribution in [0.1, 0.15) is 37.1 Å². The molecule has 5 rings (SSSR count). The van der Waals surface area contributed by atoms with Crippen LogP contribution in [-0.4, -0.2) is 9.97 Å². The summed E-state index contributed by atoms with van der Waals surface area (Å²) in [6, 6.07) is 21.7. The lowest BCUT2D eigenvalue weighted by molar-refractivity contribution is 0.593. The van der Waals surface area contributed by atoms with E-state index in [0.717, 1.165) is 53.0 Å². The maximum atomic E-state index is 15.0. The molecule has 1 fully saturated rings. The Morgan fingerprint density at radius 1 is 0.643 bits per heavy atom. The molecule has 1 aliphatic carbocycles. The smallest absolute Gasteiger partial charge is 0.175 e. The summed E-state index contributed by atoms with van der Waals surface area (Å²) < 4.78 is 15.0. The van der Waals surface area contributed by atoms with Crippen LogP contribution in [0.5, 0.6) is 0 Å². The van der Waals surface area contributed by atoms with Gasteiger partial charge in [0.25, 0.3) is 0 Å². The summed E-state index contributed by atoms with van der Waals surface area (Å²) in [7, 11) is -3.06.